The zero-order chi connectivity index (χ0) is 16.9. The van der Waals surface area contributed by atoms with Crippen LogP contribution < -0.4 is 5.32 Å². The molecule has 1 aliphatic carbocycles. The average molecular weight is 356 g/mol. The molecule has 0 bridgehead atoms. The van der Waals surface area contributed by atoms with Crippen molar-refractivity contribution in [1.82, 2.24) is 9.97 Å². The van der Waals surface area contributed by atoms with Crippen LogP contribution in [0.25, 0.3) is 0 Å². The van der Waals surface area contributed by atoms with E-state index in [1.165, 1.54) is 24.5 Å². The highest BCUT2D eigenvalue weighted by atomic mass is 35.5. The fourth-order valence-electron chi connectivity index (χ4n) is 2.95. The van der Waals surface area contributed by atoms with Gasteiger partial charge in [0.25, 0.3) is 0 Å². The van der Waals surface area contributed by atoms with Crippen LogP contribution in [-0.4, -0.2) is 22.8 Å². The van der Waals surface area contributed by atoms with Crippen molar-refractivity contribution in [2.24, 2.45) is 5.92 Å². The fourth-order valence-corrected chi connectivity index (χ4v) is 3.12. The van der Waals surface area contributed by atoms with Gasteiger partial charge in [-0.3, -0.25) is 0 Å². The molecule has 126 valence electrons. The number of ether oxygens (including phenoxy) is 1. The first-order chi connectivity index (χ1) is 11.4. The minimum Gasteiger partial charge on any atom is -0.356 e. The number of nitrogens with zero attached hydrogens (tertiary/aromatic N) is 2. The lowest BCUT2D eigenvalue weighted by molar-refractivity contribution is -0.268. The Balaban J connectivity index is 1.96. The Morgan fingerprint density at radius 3 is 2.79 bits per heavy atom. The molecule has 2 aliphatic rings. The summed E-state index contributed by atoms with van der Waals surface area (Å²) in [5.41, 5.74) is -2.56. The van der Waals surface area contributed by atoms with E-state index in [0.29, 0.717) is 0 Å². The van der Waals surface area contributed by atoms with Crippen LogP contribution in [0.15, 0.2) is 30.7 Å². The number of rotatable bonds is 3. The number of halogens is 4. The van der Waals surface area contributed by atoms with Gasteiger partial charge >= 0.3 is 6.18 Å². The second-order valence-electron chi connectivity index (χ2n) is 6.03. The molecule has 4 nitrogen and oxygen atoms in total. The molecule has 1 fully saturated rings. The van der Waals surface area contributed by atoms with Gasteiger partial charge in [0.1, 0.15) is 12.1 Å². The Morgan fingerprint density at radius 2 is 2.08 bits per heavy atom. The first-order valence-electron chi connectivity index (χ1n) is 7.50. The van der Waals surface area contributed by atoms with Crippen molar-refractivity contribution in [1.29, 1.82) is 0 Å². The molecule has 1 saturated carbocycles. The molecule has 0 spiro atoms. The molecular formula is C16H13ClF3N3O. The van der Waals surface area contributed by atoms with Gasteiger partial charge in [-0.1, -0.05) is 11.6 Å². The second-order valence-corrected chi connectivity index (χ2v) is 6.47. The van der Waals surface area contributed by atoms with E-state index >= 15 is 0 Å². The number of fused-ring (bicyclic) bond motifs is 2. The molecule has 2 heterocycles. The van der Waals surface area contributed by atoms with Gasteiger partial charge in [-0.05, 0) is 37.0 Å². The summed E-state index contributed by atoms with van der Waals surface area (Å²) < 4.78 is 48.5. The molecule has 1 aromatic heterocycles. The van der Waals surface area contributed by atoms with Gasteiger partial charge in [0.15, 0.2) is 0 Å². The highest BCUT2D eigenvalue weighted by molar-refractivity contribution is 6.30. The van der Waals surface area contributed by atoms with Crippen molar-refractivity contribution in [2.45, 2.75) is 24.6 Å². The third kappa shape index (κ3) is 2.34. The van der Waals surface area contributed by atoms with Crippen LogP contribution in [-0.2, 0) is 10.3 Å². The van der Waals surface area contributed by atoms with E-state index in [1.54, 1.807) is 0 Å². The summed E-state index contributed by atoms with van der Waals surface area (Å²) in [6, 6.07) is 4.32. The second kappa shape index (κ2) is 5.32. The van der Waals surface area contributed by atoms with Crippen LogP contribution in [0.4, 0.5) is 24.7 Å². The van der Waals surface area contributed by atoms with Crippen molar-refractivity contribution >= 4 is 23.1 Å². The first-order valence-corrected chi connectivity index (χ1v) is 7.88. The molecule has 2 aromatic rings. The van der Waals surface area contributed by atoms with Crippen molar-refractivity contribution in [3.8, 4) is 0 Å². The quantitative estimate of drug-likeness (QED) is 0.885. The van der Waals surface area contributed by atoms with Crippen LogP contribution in [0.5, 0.6) is 0 Å². The molecule has 0 amide bonds. The number of benzene rings is 1. The number of hydrogen-bond donors (Lipinski definition) is 1. The maximum Gasteiger partial charge on any atom is 0.426 e. The Kier molecular flexibility index (Phi) is 3.47. The average Bonchev–Trinajstić information content (AvgIpc) is 3.35. The Hall–Kier alpha value is -1.86. The van der Waals surface area contributed by atoms with Crippen molar-refractivity contribution in [3.63, 3.8) is 0 Å². The number of anilines is 2. The molecule has 8 heteroatoms. The molecule has 1 aromatic carbocycles. The summed E-state index contributed by atoms with van der Waals surface area (Å²) >= 11 is 5.97. The van der Waals surface area contributed by atoms with Gasteiger partial charge in [0, 0.05) is 22.5 Å². The Morgan fingerprint density at radius 1 is 1.29 bits per heavy atom. The molecule has 1 atom stereocenters. The number of aromatic nitrogens is 2. The SMILES string of the molecule is FC(F)(F)[C@@]1(OCC2CC2)c2cc(Cl)ccc2Nc2ncncc21. The lowest BCUT2D eigenvalue weighted by atomic mass is 9.82. The number of nitrogens with one attached hydrogen (secondary N) is 1. The zero-order valence-electron chi connectivity index (χ0n) is 12.4. The van der Waals surface area contributed by atoms with Gasteiger partial charge in [0.05, 0.1) is 12.2 Å². The van der Waals surface area contributed by atoms with Crippen LogP contribution in [0.3, 0.4) is 0 Å². The van der Waals surface area contributed by atoms with Gasteiger partial charge in [-0.2, -0.15) is 13.2 Å². The predicted octanol–water partition coefficient (Wildman–Crippen LogP) is 4.42. The number of alkyl halides is 3. The Labute approximate surface area is 141 Å². The topological polar surface area (TPSA) is 47.0 Å². The standard InChI is InChI=1S/C16H13ClF3N3O/c17-10-3-4-13-11(5-10)15(16(18,19)20,24-7-9-1-2-9)12-6-21-8-22-14(12)23-13/h3-6,8-9H,1-2,7H2,(H,21,22,23)/t15-/m1/s1. The molecule has 0 saturated heterocycles. The lowest BCUT2D eigenvalue weighted by Crippen LogP contribution is -2.48. The first kappa shape index (κ1) is 15.7. The minimum absolute atomic E-state index is 0.0276. The van der Waals surface area contributed by atoms with E-state index in [2.05, 4.69) is 15.3 Å². The van der Waals surface area contributed by atoms with Crippen molar-refractivity contribution in [2.75, 3.05) is 11.9 Å². The van der Waals surface area contributed by atoms with Gasteiger partial charge in [-0.15, -0.1) is 0 Å². The van der Waals surface area contributed by atoms with E-state index in [4.69, 9.17) is 16.3 Å². The van der Waals surface area contributed by atoms with E-state index in [9.17, 15) is 13.2 Å². The summed E-state index contributed by atoms with van der Waals surface area (Å²) in [5, 5.41) is 3.12. The molecule has 1 N–H and O–H groups in total. The summed E-state index contributed by atoms with van der Waals surface area (Å²) in [7, 11) is 0. The Bertz CT molecular complexity index is 794. The maximum absolute atomic E-state index is 14.3. The highest BCUT2D eigenvalue weighted by Gasteiger charge is 2.62. The van der Waals surface area contributed by atoms with Gasteiger partial charge in [-0.25, -0.2) is 9.97 Å². The molecule has 0 radical (unpaired) electrons. The smallest absolute Gasteiger partial charge is 0.356 e. The van der Waals surface area contributed by atoms with E-state index in [-0.39, 0.29) is 40.2 Å². The van der Waals surface area contributed by atoms with Gasteiger partial charge in [0.2, 0.25) is 5.60 Å². The normalized spacial score (nSPS) is 22.5. The van der Waals surface area contributed by atoms with Gasteiger partial charge < -0.3 is 10.1 Å². The molecule has 0 unspecified atom stereocenters. The lowest BCUT2D eigenvalue weighted by Gasteiger charge is -2.41. The molecule has 4 rings (SSSR count). The fraction of sp³-hybridized carbons (Fsp3) is 0.375. The van der Waals surface area contributed by atoms with Crippen molar-refractivity contribution in [3.05, 3.63) is 46.9 Å². The minimum atomic E-state index is -4.69. The van der Waals surface area contributed by atoms with Crippen molar-refractivity contribution < 1.29 is 17.9 Å². The third-order valence-corrected chi connectivity index (χ3v) is 4.57. The maximum atomic E-state index is 14.3. The number of hydrogen-bond acceptors (Lipinski definition) is 4. The van der Waals surface area contributed by atoms with Crippen LogP contribution in [0, 0.1) is 5.92 Å². The largest absolute Gasteiger partial charge is 0.426 e. The van der Waals surface area contributed by atoms with Crippen LogP contribution in [0.2, 0.25) is 5.02 Å². The molecular weight excluding hydrogens is 343 g/mol. The summed E-state index contributed by atoms with van der Waals surface area (Å²) in [4.78, 5) is 7.74. The predicted molar refractivity (Wildman–Crippen MR) is 82.3 cm³/mol. The van der Waals surface area contributed by atoms with E-state index in [0.717, 1.165) is 19.0 Å². The summed E-state index contributed by atoms with van der Waals surface area (Å²) in [6.45, 7) is 0.0276. The van der Waals surface area contributed by atoms with Crippen LogP contribution in [0.1, 0.15) is 24.0 Å². The summed E-state index contributed by atoms with van der Waals surface area (Å²) in [5.74, 6) is 0.253. The monoisotopic (exact) mass is 355 g/mol. The zero-order valence-corrected chi connectivity index (χ0v) is 13.2. The highest BCUT2D eigenvalue weighted by Crippen LogP contribution is 2.55. The summed E-state index contributed by atoms with van der Waals surface area (Å²) in [6.07, 6.45) is -0.573. The van der Waals surface area contributed by atoms with E-state index < -0.39 is 11.8 Å². The molecule has 24 heavy (non-hydrogen) atoms. The van der Waals surface area contributed by atoms with E-state index in [1.807, 2.05) is 0 Å². The van der Waals surface area contributed by atoms with Crippen LogP contribution >= 0.6 is 11.6 Å². The third-order valence-electron chi connectivity index (χ3n) is 4.34. The molecule has 1 aliphatic heterocycles.